The van der Waals surface area contributed by atoms with Gasteiger partial charge in [0.25, 0.3) is 5.91 Å². The Morgan fingerprint density at radius 2 is 2.24 bits per heavy atom. The molecule has 2 N–H and O–H groups in total. The lowest BCUT2D eigenvalue weighted by molar-refractivity contribution is 0.0142. The zero-order valence-corrected chi connectivity index (χ0v) is 10.2. The number of hydrogen-bond donors (Lipinski definition) is 2. The van der Waals surface area contributed by atoms with E-state index in [2.05, 4.69) is 10.3 Å². The Bertz CT molecular complexity index is 405. The van der Waals surface area contributed by atoms with E-state index in [4.69, 9.17) is 0 Å². The van der Waals surface area contributed by atoms with Crippen molar-refractivity contribution in [3.05, 3.63) is 29.8 Å². The van der Waals surface area contributed by atoms with E-state index in [-0.39, 0.29) is 18.0 Å². The fourth-order valence-corrected chi connectivity index (χ4v) is 1.10. The van der Waals surface area contributed by atoms with E-state index in [9.17, 15) is 14.3 Å². The van der Waals surface area contributed by atoms with Gasteiger partial charge in [0.1, 0.15) is 5.82 Å². The summed E-state index contributed by atoms with van der Waals surface area (Å²) >= 11 is 0. The lowest BCUT2D eigenvalue weighted by Gasteiger charge is -2.27. The Hall–Kier alpha value is -1.49. The molecule has 0 aromatic carbocycles. The van der Waals surface area contributed by atoms with Crippen LogP contribution in [0.5, 0.6) is 0 Å². The van der Waals surface area contributed by atoms with Gasteiger partial charge in [0.05, 0.1) is 17.4 Å². The molecule has 94 valence electrons. The second kappa shape index (κ2) is 5.23. The van der Waals surface area contributed by atoms with Crippen LogP contribution in [0.4, 0.5) is 4.39 Å². The highest BCUT2D eigenvalue weighted by Gasteiger charge is 2.25. The average molecular weight is 240 g/mol. The number of amides is 1. The molecule has 1 aromatic rings. The molecule has 0 spiro atoms. The minimum atomic E-state index is -0.990. The fourth-order valence-electron chi connectivity index (χ4n) is 1.10. The maximum atomic E-state index is 12.8. The van der Waals surface area contributed by atoms with Gasteiger partial charge in [-0.25, -0.2) is 4.39 Å². The number of rotatable bonds is 4. The molecule has 0 saturated heterocycles. The number of aromatic nitrogens is 1. The van der Waals surface area contributed by atoms with Crippen LogP contribution < -0.4 is 5.32 Å². The van der Waals surface area contributed by atoms with Crippen molar-refractivity contribution >= 4 is 5.91 Å². The largest absolute Gasteiger partial charge is 0.388 e. The van der Waals surface area contributed by atoms with Gasteiger partial charge in [-0.05, 0) is 18.9 Å². The van der Waals surface area contributed by atoms with Gasteiger partial charge >= 0.3 is 0 Å². The predicted octanol–water partition coefficient (Wildman–Crippen LogP) is 1.36. The summed E-state index contributed by atoms with van der Waals surface area (Å²) < 4.78 is 12.8. The maximum Gasteiger partial charge on any atom is 0.253 e. The molecule has 1 rings (SSSR count). The average Bonchev–Trinajstić information content (AvgIpc) is 2.25. The molecular weight excluding hydrogens is 223 g/mol. The summed E-state index contributed by atoms with van der Waals surface area (Å²) in [7, 11) is 0. The molecule has 0 saturated carbocycles. The van der Waals surface area contributed by atoms with E-state index in [0.717, 1.165) is 12.3 Å². The lowest BCUT2D eigenvalue weighted by atomic mass is 9.92. The van der Waals surface area contributed by atoms with Crippen LogP contribution in [-0.4, -0.2) is 28.1 Å². The normalized spacial score (nSPS) is 14.5. The summed E-state index contributed by atoms with van der Waals surface area (Å²) in [6.45, 7) is 5.47. The summed E-state index contributed by atoms with van der Waals surface area (Å²) in [5.74, 6) is -1.00. The van der Waals surface area contributed by atoms with Crippen LogP contribution in [0.3, 0.4) is 0 Å². The van der Waals surface area contributed by atoms with Crippen LogP contribution >= 0.6 is 0 Å². The number of pyridine rings is 1. The summed E-state index contributed by atoms with van der Waals surface area (Å²) in [5, 5.41) is 12.5. The van der Waals surface area contributed by atoms with E-state index >= 15 is 0 Å². The Labute approximate surface area is 99.9 Å². The number of nitrogens with zero attached hydrogens (tertiary/aromatic N) is 1. The van der Waals surface area contributed by atoms with Crippen molar-refractivity contribution in [3.8, 4) is 0 Å². The first kappa shape index (κ1) is 13.6. The van der Waals surface area contributed by atoms with Crippen LogP contribution in [0.25, 0.3) is 0 Å². The first-order valence-corrected chi connectivity index (χ1v) is 5.44. The van der Waals surface area contributed by atoms with Gasteiger partial charge in [-0.3, -0.25) is 9.78 Å². The minimum Gasteiger partial charge on any atom is -0.388 e. The third-order valence-corrected chi connectivity index (χ3v) is 2.82. The molecule has 0 aliphatic heterocycles. The second-order valence-corrected chi connectivity index (χ2v) is 4.59. The number of hydrogen-bond acceptors (Lipinski definition) is 3. The number of carbonyl (C=O) groups excluding carboxylic acids is 1. The van der Waals surface area contributed by atoms with Crippen LogP contribution in [0.2, 0.25) is 0 Å². The van der Waals surface area contributed by atoms with Crippen LogP contribution in [0.1, 0.15) is 31.1 Å². The molecule has 1 aromatic heterocycles. The molecule has 5 heteroatoms. The molecule has 1 heterocycles. The molecule has 4 nitrogen and oxygen atoms in total. The molecule has 0 radical (unpaired) electrons. The topological polar surface area (TPSA) is 62.2 Å². The van der Waals surface area contributed by atoms with E-state index in [0.29, 0.717) is 0 Å². The Balaban J connectivity index is 2.62. The molecule has 1 atom stereocenters. The van der Waals surface area contributed by atoms with Crippen molar-refractivity contribution < 1.29 is 14.3 Å². The highest BCUT2D eigenvalue weighted by Crippen LogP contribution is 2.14. The second-order valence-electron chi connectivity index (χ2n) is 4.59. The third-order valence-electron chi connectivity index (χ3n) is 2.82. The lowest BCUT2D eigenvalue weighted by Crippen LogP contribution is -2.44. The maximum absolute atomic E-state index is 12.8. The van der Waals surface area contributed by atoms with E-state index in [1.54, 1.807) is 6.92 Å². The fraction of sp³-hybridized carbons (Fsp3) is 0.500. The van der Waals surface area contributed by atoms with Gasteiger partial charge in [-0.2, -0.15) is 0 Å². The van der Waals surface area contributed by atoms with Gasteiger partial charge in [-0.15, -0.1) is 0 Å². The third kappa shape index (κ3) is 3.78. The standard InChI is InChI=1S/C12H17FN2O2/c1-8(2)12(3,17)7-15-11(16)9-4-10(13)6-14-5-9/h4-6,8,17H,7H2,1-3H3,(H,15,16). The van der Waals surface area contributed by atoms with E-state index < -0.39 is 17.3 Å². The Kier molecular flexibility index (Phi) is 4.17. The molecular formula is C12H17FN2O2. The van der Waals surface area contributed by atoms with Crippen molar-refractivity contribution in [2.24, 2.45) is 5.92 Å². The monoisotopic (exact) mass is 240 g/mol. The van der Waals surface area contributed by atoms with E-state index in [1.165, 1.54) is 6.20 Å². The Morgan fingerprint density at radius 1 is 1.59 bits per heavy atom. The van der Waals surface area contributed by atoms with Crippen LogP contribution in [0, 0.1) is 11.7 Å². The number of aliphatic hydroxyl groups is 1. The summed E-state index contributed by atoms with van der Waals surface area (Å²) in [4.78, 5) is 15.2. The van der Waals surface area contributed by atoms with Crippen molar-refractivity contribution in [1.82, 2.24) is 10.3 Å². The van der Waals surface area contributed by atoms with Gasteiger partial charge in [0, 0.05) is 12.7 Å². The highest BCUT2D eigenvalue weighted by molar-refractivity contribution is 5.93. The molecule has 0 fully saturated rings. The minimum absolute atomic E-state index is 0.00781. The molecule has 17 heavy (non-hydrogen) atoms. The smallest absolute Gasteiger partial charge is 0.253 e. The van der Waals surface area contributed by atoms with Gasteiger partial charge in [-0.1, -0.05) is 13.8 Å². The molecule has 0 aliphatic carbocycles. The highest BCUT2D eigenvalue weighted by atomic mass is 19.1. The van der Waals surface area contributed by atoms with Crippen molar-refractivity contribution in [3.63, 3.8) is 0 Å². The number of carbonyl (C=O) groups is 1. The Morgan fingerprint density at radius 3 is 2.76 bits per heavy atom. The van der Waals surface area contributed by atoms with Gasteiger partial charge in [0.15, 0.2) is 0 Å². The van der Waals surface area contributed by atoms with Gasteiger partial charge < -0.3 is 10.4 Å². The summed E-state index contributed by atoms with van der Waals surface area (Å²) in [6.07, 6.45) is 2.31. The molecule has 0 aliphatic rings. The van der Waals surface area contributed by atoms with Gasteiger partial charge in [0.2, 0.25) is 0 Å². The first-order valence-electron chi connectivity index (χ1n) is 5.44. The SMILES string of the molecule is CC(C)C(C)(O)CNC(=O)c1cncc(F)c1. The molecule has 1 unspecified atom stereocenters. The van der Waals surface area contributed by atoms with Crippen molar-refractivity contribution in [2.45, 2.75) is 26.4 Å². The summed E-state index contributed by atoms with van der Waals surface area (Å²) in [5.41, 5.74) is -0.847. The number of nitrogens with one attached hydrogen (secondary N) is 1. The van der Waals surface area contributed by atoms with E-state index in [1.807, 2.05) is 13.8 Å². The molecule has 0 bridgehead atoms. The first-order chi connectivity index (χ1) is 7.83. The number of halogens is 1. The zero-order valence-electron chi connectivity index (χ0n) is 10.2. The van der Waals surface area contributed by atoms with Crippen molar-refractivity contribution in [2.75, 3.05) is 6.54 Å². The van der Waals surface area contributed by atoms with Crippen LogP contribution in [0.15, 0.2) is 18.5 Å². The summed E-state index contributed by atoms with van der Waals surface area (Å²) in [6, 6.07) is 1.10. The quantitative estimate of drug-likeness (QED) is 0.835. The molecule has 1 amide bonds. The van der Waals surface area contributed by atoms with Crippen LogP contribution in [-0.2, 0) is 0 Å². The van der Waals surface area contributed by atoms with Crippen molar-refractivity contribution in [1.29, 1.82) is 0 Å². The predicted molar refractivity (Wildman–Crippen MR) is 62.0 cm³/mol. The zero-order chi connectivity index (χ0) is 13.1.